The number of aromatic nitrogens is 1. The lowest BCUT2D eigenvalue weighted by Gasteiger charge is -2.20. The van der Waals surface area contributed by atoms with Crippen molar-refractivity contribution in [3.05, 3.63) is 95.6 Å². The van der Waals surface area contributed by atoms with E-state index in [-0.39, 0.29) is 10.8 Å². The van der Waals surface area contributed by atoms with Gasteiger partial charge in [0, 0.05) is 35.7 Å². The molecule has 26 heavy (non-hydrogen) atoms. The maximum Gasteiger partial charge on any atom is 0.358 e. The maximum atomic E-state index is 14.1. The van der Waals surface area contributed by atoms with E-state index in [1.807, 2.05) is 18.2 Å². The van der Waals surface area contributed by atoms with Crippen LogP contribution in [0, 0.1) is 17.1 Å². The van der Waals surface area contributed by atoms with Crippen LogP contribution in [0.15, 0.2) is 73.1 Å². The summed E-state index contributed by atoms with van der Waals surface area (Å²) >= 11 is 5.18. The molecule has 1 unspecified atom stereocenters. The third-order valence-electron chi connectivity index (χ3n) is 3.56. The van der Waals surface area contributed by atoms with Crippen LogP contribution < -0.4 is 4.74 Å². The molecule has 2 aromatic carbocycles. The third kappa shape index (κ3) is 4.21. The van der Waals surface area contributed by atoms with E-state index in [2.05, 4.69) is 4.98 Å². The minimum absolute atomic E-state index is 0.0400. The van der Waals surface area contributed by atoms with E-state index in [0.717, 1.165) is 0 Å². The van der Waals surface area contributed by atoms with Crippen molar-refractivity contribution >= 4 is 17.5 Å². The van der Waals surface area contributed by atoms with Gasteiger partial charge in [0.05, 0.1) is 5.56 Å². The average Bonchev–Trinajstić information content (AvgIpc) is 2.67. The largest absolute Gasteiger partial charge is 0.443 e. The van der Waals surface area contributed by atoms with E-state index in [0.29, 0.717) is 16.9 Å². The Labute approximate surface area is 155 Å². The Kier molecular flexibility index (Phi) is 5.52. The predicted octanol–water partition coefficient (Wildman–Crippen LogP) is 4.56. The highest BCUT2D eigenvalue weighted by Crippen LogP contribution is 2.28. The molecule has 1 heterocycles. The first kappa shape index (κ1) is 17.5. The van der Waals surface area contributed by atoms with Crippen molar-refractivity contribution in [3.63, 3.8) is 0 Å². The van der Waals surface area contributed by atoms with Crippen molar-refractivity contribution in [2.45, 2.75) is 6.10 Å². The number of pyridine rings is 1. The van der Waals surface area contributed by atoms with Crippen LogP contribution in [-0.4, -0.2) is 10.2 Å². The molecule has 0 aliphatic rings. The van der Waals surface area contributed by atoms with E-state index in [4.69, 9.17) is 27.0 Å². The molecule has 6 heteroatoms. The monoisotopic (exact) mass is 364 g/mol. The van der Waals surface area contributed by atoms with Crippen molar-refractivity contribution in [3.8, 4) is 11.8 Å². The minimum atomic E-state index is -0.720. The number of rotatable bonds is 4. The highest BCUT2D eigenvalue weighted by Gasteiger charge is 2.20. The Morgan fingerprint density at radius 2 is 1.88 bits per heavy atom. The third-order valence-corrected chi connectivity index (χ3v) is 3.74. The molecule has 0 saturated carbocycles. The number of hydrogen-bond donors (Lipinski definition) is 0. The summed E-state index contributed by atoms with van der Waals surface area (Å²) in [6, 6.07) is 18.6. The summed E-state index contributed by atoms with van der Waals surface area (Å²) in [5.41, 5.74) is 1.13. The van der Waals surface area contributed by atoms with Crippen LogP contribution in [0.5, 0.6) is 5.75 Å². The summed E-state index contributed by atoms with van der Waals surface area (Å²) in [7, 11) is 0. The van der Waals surface area contributed by atoms with E-state index in [1.54, 1.807) is 48.8 Å². The SMILES string of the molecule is N#Cc1ccc(C(OC(=S)Oc2ccccc2)c2cccnc2)cc1F. The van der Waals surface area contributed by atoms with Crippen LogP contribution in [0.2, 0.25) is 0 Å². The smallest absolute Gasteiger partial charge is 0.358 e. The summed E-state index contributed by atoms with van der Waals surface area (Å²) in [6.45, 7) is 0. The van der Waals surface area contributed by atoms with Gasteiger partial charge in [0.2, 0.25) is 0 Å². The molecule has 3 aromatic rings. The topological polar surface area (TPSA) is 55.1 Å². The van der Waals surface area contributed by atoms with Crippen molar-refractivity contribution in [1.82, 2.24) is 4.98 Å². The Bertz CT molecular complexity index is 943. The molecule has 0 radical (unpaired) electrons. The molecular weight excluding hydrogens is 351 g/mol. The van der Waals surface area contributed by atoms with E-state index in [9.17, 15) is 4.39 Å². The Balaban J connectivity index is 1.88. The van der Waals surface area contributed by atoms with Gasteiger partial charge in [-0.15, -0.1) is 0 Å². The predicted molar refractivity (Wildman–Crippen MR) is 97.9 cm³/mol. The molecule has 1 atom stereocenters. The van der Waals surface area contributed by atoms with Gasteiger partial charge >= 0.3 is 5.24 Å². The lowest BCUT2D eigenvalue weighted by molar-refractivity contribution is 0.190. The molecule has 0 spiro atoms. The molecule has 0 N–H and O–H groups in total. The molecule has 0 bridgehead atoms. The zero-order valence-corrected chi connectivity index (χ0v) is 14.3. The minimum Gasteiger partial charge on any atom is -0.443 e. The normalized spacial score (nSPS) is 11.2. The Hall–Kier alpha value is -3.30. The van der Waals surface area contributed by atoms with Crippen molar-refractivity contribution in [2.75, 3.05) is 0 Å². The number of nitrogens with zero attached hydrogens (tertiary/aromatic N) is 2. The number of para-hydroxylation sites is 1. The van der Waals surface area contributed by atoms with Crippen molar-refractivity contribution in [1.29, 1.82) is 5.26 Å². The molecule has 0 aliphatic carbocycles. The molecule has 0 saturated heterocycles. The quantitative estimate of drug-likeness (QED) is 0.635. The van der Waals surface area contributed by atoms with Crippen LogP contribution in [0.1, 0.15) is 22.8 Å². The second kappa shape index (κ2) is 8.19. The van der Waals surface area contributed by atoms with Crippen LogP contribution in [-0.2, 0) is 4.74 Å². The molecule has 1 aromatic heterocycles. The molecule has 0 amide bonds. The van der Waals surface area contributed by atoms with Gasteiger partial charge in [-0.25, -0.2) is 4.39 Å². The first-order valence-corrected chi connectivity index (χ1v) is 8.11. The summed E-state index contributed by atoms with van der Waals surface area (Å²) < 4.78 is 25.3. The number of nitriles is 1. The summed E-state index contributed by atoms with van der Waals surface area (Å²) in [6.07, 6.45) is 2.51. The lowest BCUT2D eigenvalue weighted by atomic mass is 10.0. The van der Waals surface area contributed by atoms with Crippen molar-refractivity contribution < 1.29 is 13.9 Å². The number of ether oxygens (including phenoxy) is 2. The van der Waals surface area contributed by atoms with Gasteiger partial charge in [0.15, 0.2) is 6.10 Å². The van der Waals surface area contributed by atoms with Gasteiger partial charge in [0.1, 0.15) is 17.6 Å². The number of hydrogen-bond acceptors (Lipinski definition) is 5. The maximum absolute atomic E-state index is 14.1. The van der Waals surface area contributed by atoms with E-state index < -0.39 is 11.9 Å². The highest BCUT2D eigenvalue weighted by atomic mass is 32.1. The second-order valence-corrected chi connectivity index (χ2v) is 5.63. The van der Waals surface area contributed by atoms with E-state index in [1.165, 1.54) is 12.1 Å². The van der Waals surface area contributed by atoms with Crippen LogP contribution in [0.4, 0.5) is 4.39 Å². The zero-order chi connectivity index (χ0) is 18.4. The molecule has 128 valence electrons. The Morgan fingerprint density at radius 3 is 2.54 bits per heavy atom. The fraction of sp³-hybridized carbons (Fsp3) is 0.0500. The number of thiocarbonyl (C=S) groups is 1. The number of halogens is 1. The molecule has 3 rings (SSSR count). The molecule has 0 fully saturated rings. The van der Waals surface area contributed by atoms with Gasteiger partial charge in [-0.05, 0) is 30.3 Å². The van der Waals surface area contributed by atoms with E-state index >= 15 is 0 Å². The second-order valence-electron chi connectivity index (χ2n) is 5.30. The first-order valence-electron chi connectivity index (χ1n) is 7.70. The molecular formula is C20H13FN2O2S. The molecule has 0 aliphatic heterocycles. The lowest BCUT2D eigenvalue weighted by Crippen LogP contribution is -2.16. The first-order chi connectivity index (χ1) is 12.7. The fourth-order valence-electron chi connectivity index (χ4n) is 2.35. The Morgan fingerprint density at radius 1 is 1.08 bits per heavy atom. The van der Waals surface area contributed by atoms with Gasteiger partial charge < -0.3 is 9.47 Å². The van der Waals surface area contributed by atoms with Gasteiger partial charge in [-0.2, -0.15) is 5.26 Å². The van der Waals surface area contributed by atoms with Gasteiger partial charge in [0.25, 0.3) is 0 Å². The standard InChI is InChI=1S/C20H13FN2O2S/c21-18-11-14(8-9-15(18)12-22)19(16-5-4-10-23-13-16)25-20(26)24-17-6-2-1-3-7-17/h1-11,13,19H. The van der Waals surface area contributed by atoms with Crippen LogP contribution in [0.25, 0.3) is 0 Å². The van der Waals surface area contributed by atoms with Crippen LogP contribution >= 0.6 is 12.2 Å². The van der Waals surface area contributed by atoms with Crippen molar-refractivity contribution in [2.24, 2.45) is 0 Å². The van der Waals surface area contributed by atoms with Crippen LogP contribution in [0.3, 0.4) is 0 Å². The van der Waals surface area contributed by atoms with Gasteiger partial charge in [-0.1, -0.05) is 30.3 Å². The summed E-state index contributed by atoms with van der Waals surface area (Å²) in [5, 5.41) is 8.80. The van der Waals surface area contributed by atoms with Gasteiger partial charge in [-0.3, -0.25) is 4.98 Å². The number of benzene rings is 2. The fourth-order valence-corrected chi connectivity index (χ4v) is 2.54. The summed E-state index contributed by atoms with van der Waals surface area (Å²) in [4.78, 5) is 4.07. The average molecular weight is 364 g/mol. The molecule has 4 nitrogen and oxygen atoms in total. The summed E-state index contributed by atoms with van der Waals surface area (Å²) in [5.74, 6) is -0.0918. The zero-order valence-electron chi connectivity index (χ0n) is 13.5. The highest BCUT2D eigenvalue weighted by molar-refractivity contribution is 7.79.